The zero-order chi connectivity index (χ0) is 16.4. The molecule has 0 unspecified atom stereocenters. The molecule has 23 heavy (non-hydrogen) atoms. The Kier molecular flexibility index (Phi) is 4.04. The Morgan fingerprint density at radius 1 is 1.17 bits per heavy atom. The number of carbonyl (C=O) groups excluding carboxylic acids is 1. The Hall–Kier alpha value is -2.79. The maximum Gasteiger partial charge on any atom is 0.337 e. The van der Waals surface area contributed by atoms with Crippen molar-refractivity contribution in [3.8, 4) is 5.75 Å². The SMILES string of the molecule is NC(=O)c1cc(=O)oc2cc(OCc3cccc(Cl)c3)ccc12. The minimum absolute atomic E-state index is 0.123. The Morgan fingerprint density at radius 2 is 2.00 bits per heavy atom. The predicted molar refractivity (Wildman–Crippen MR) is 86.8 cm³/mol. The summed E-state index contributed by atoms with van der Waals surface area (Å²) in [4.78, 5) is 22.9. The molecular weight excluding hydrogens is 318 g/mol. The van der Waals surface area contributed by atoms with Crippen molar-refractivity contribution >= 4 is 28.5 Å². The van der Waals surface area contributed by atoms with Crippen molar-refractivity contribution < 1.29 is 13.9 Å². The fourth-order valence-electron chi connectivity index (χ4n) is 2.23. The van der Waals surface area contributed by atoms with Gasteiger partial charge in [-0.2, -0.15) is 0 Å². The molecule has 0 saturated carbocycles. The van der Waals surface area contributed by atoms with Crippen LogP contribution in [0, 0.1) is 0 Å². The molecule has 116 valence electrons. The Balaban J connectivity index is 1.91. The molecule has 5 nitrogen and oxygen atoms in total. The first kappa shape index (κ1) is 15.1. The van der Waals surface area contributed by atoms with E-state index in [4.69, 9.17) is 26.5 Å². The van der Waals surface area contributed by atoms with E-state index in [1.807, 2.05) is 12.1 Å². The van der Waals surface area contributed by atoms with Crippen molar-refractivity contribution in [1.82, 2.24) is 0 Å². The van der Waals surface area contributed by atoms with E-state index in [1.165, 1.54) is 0 Å². The van der Waals surface area contributed by atoms with Crippen molar-refractivity contribution in [3.63, 3.8) is 0 Å². The van der Waals surface area contributed by atoms with Crippen molar-refractivity contribution in [2.75, 3.05) is 0 Å². The Morgan fingerprint density at radius 3 is 2.74 bits per heavy atom. The fourth-order valence-corrected chi connectivity index (χ4v) is 2.44. The number of hydrogen-bond donors (Lipinski definition) is 1. The molecule has 0 saturated heterocycles. The molecule has 1 heterocycles. The summed E-state index contributed by atoms with van der Waals surface area (Å²) < 4.78 is 10.8. The van der Waals surface area contributed by atoms with Crippen LogP contribution in [0.3, 0.4) is 0 Å². The molecule has 2 aromatic carbocycles. The molecule has 0 atom stereocenters. The second-order valence-electron chi connectivity index (χ2n) is 4.92. The van der Waals surface area contributed by atoms with Crippen LogP contribution in [0.15, 0.2) is 57.7 Å². The lowest BCUT2D eigenvalue weighted by atomic mass is 10.1. The molecule has 0 aliphatic carbocycles. The molecule has 3 aromatic rings. The summed E-state index contributed by atoms with van der Waals surface area (Å²) in [5.74, 6) is -0.183. The van der Waals surface area contributed by atoms with E-state index in [9.17, 15) is 9.59 Å². The first-order chi connectivity index (χ1) is 11.0. The van der Waals surface area contributed by atoms with Crippen LogP contribution in [0.25, 0.3) is 11.0 Å². The Bertz CT molecular complexity index is 949. The molecule has 0 aliphatic heterocycles. The predicted octanol–water partition coefficient (Wildman–Crippen LogP) is 3.12. The van der Waals surface area contributed by atoms with Gasteiger partial charge in [-0.1, -0.05) is 23.7 Å². The minimum Gasteiger partial charge on any atom is -0.489 e. The first-order valence-corrected chi connectivity index (χ1v) is 7.16. The summed E-state index contributed by atoms with van der Waals surface area (Å²) in [7, 11) is 0. The van der Waals surface area contributed by atoms with Crippen LogP contribution in [0.1, 0.15) is 15.9 Å². The van der Waals surface area contributed by atoms with Crippen LogP contribution in [0.2, 0.25) is 5.02 Å². The quantitative estimate of drug-likeness (QED) is 0.745. The smallest absolute Gasteiger partial charge is 0.337 e. The van der Waals surface area contributed by atoms with Gasteiger partial charge in [-0.25, -0.2) is 4.79 Å². The van der Waals surface area contributed by atoms with Gasteiger partial charge in [0.25, 0.3) is 0 Å². The van der Waals surface area contributed by atoms with Gasteiger partial charge in [0, 0.05) is 22.5 Å². The lowest BCUT2D eigenvalue weighted by Gasteiger charge is -2.08. The number of nitrogens with two attached hydrogens (primary N) is 1. The zero-order valence-corrected chi connectivity index (χ0v) is 12.7. The van der Waals surface area contributed by atoms with Crippen LogP contribution in [-0.2, 0) is 6.61 Å². The van der Waals surface area contributed by atoms with E-state index in [0.717, 1.165) is 11.6 Å². The van der Waals surface area contributed by atoms with Gasteiger partial charge in [-0.05, 0) is 29.8 Å². The molecule has 0 aliphatic rings. The first-order valence-electron chi connectivity index (χ1n) is 6.78. The lowest BCUT2D eigenvalue weighted by molar-refractivity contribution is 0.100. The second-order valence-corrected chi connectivity index (χ2v) is 5.36. The maximum atomic E-state index is 11.5. The number of ether oxygens (including phenoxy) is 1. The summed E-state index contributed by atoms with van der Waals surface area (Å²) >= 11 is 5.92. The molecule has 3 rings (SSSR count). The molecule has 0 fully saturated rings. The number of carbonyl (C=O) groups is 1. The normalized spacial score (nSPS) is 10.7. The summed E-state index contributed by atoms with van der Waals surface area (Å²) in [6.07, 6.45) is 0. The van der Waals surface area contributed by atoms with Gasteiger partial charge >= 0.3 is 5.63 Å². The van der Waals surface area contributed by atoms with E-state index in [-0.39, 0.29) is 11.1 Å². The topological polar surface area (TPSA) is 82.5 Å². The number of halogens is 1. The number of hydrogen-bond acceptors (Lipinski definition) is 4. The van der Waals surface area contributed by atoms with Crippen LogP contribution in [0.4, 0.5) is 0 Å². The summed E-state index contributed by atoms with van der Waals surface area (Å²) in [6.45, 7) is 0.311. The average molecular weight is 330 g/mol. The van der Waals surface area contributed by atoms with Crippen molar-refractivity contribution in [1.29, 1.82) is 0 Å². The molecule has 2 N–H and O–H groups in total. The number of amides is 1. The van der Waals surface area contributed by atoms with Gasteiger partial charge < -0.3 is 14.9 Å². The van der Waals surface area contributed by atoms with Crippen LogP contribution in [-0.4, -0.2) is 5.91 Å². The van der Waals surface area contributed by atoms with Crippen molar-refractivity contribution in [3.05, 3.63) is 75.1 Å². The highest BCUT2D eigenvalue weighted by Gasteiger charge is 2.11. The number of fused-ring (bicyclic) bond motifs is 1. The standard InChI is InChI=1S/C17H12ClNO4/c18-11-3-1-2-10(6-11)9-22-12-4-5-13-14(17(19)21)8-16(20)23-15(13)7-12/h1-8H,9H2,(H2,19,21). The molecule has 0 spiro atoms. The van der Waals surface area contributed by atoms with Gasteiger partial charge in [0.2, 0.25) is 5.91 Å². The van der Waals surface area contributed by atoms with Crippen molar-refractivity contribution in [2.24, 2.45) is 5.73 Å². The third-order valence-electron chi connectivity index (χ3n) is 3.28. The van der Waals surface area contributed by atoms with Crippen LogP contribution in [0.5, 0.6) is 5.75 Å². The monoisotopic (exact) mass is 329 g/mol. The number of primary amides is 1. The third kappa shape index (κ3) is 3.35. The van der Waals surface area contributed by atoms with Gasteiger partial charge in [-0.15, -0.1) is 0 Å². The van der Waals surface area contributed by atoms with E-state index in [0.29, 0.717) is 22.8 Å². The van der Waals surface area contributed by atoms with Crippen LogP contribution < -0.4 is 16.1 Å². The summed E-state index contributed by atoms with van der Waals surface area (Å²) in [5.41, 5.74) is 5.91. The van der Waals surface area contributed by atoms with E-state index < -0.39 is 11.5 Å². The highest BCUT2D eigenvalue weighted by molar-refractivity contribution is 6.30. The Labute approximate surface area is 136 Å². The van der Waals surface area contributed by atoms with Gasteiger partial charge in [-0.3, -0.25) is 4.79 Å². The van der Waals surface area contributed by atoms with E-state index in [1.54, 1.807) is 30.3 Å². The maximum absolute atomic E-state index is 11.5. The highest BCUT2D eigenvalue weighted by atomic mass is 35.5. The number of rotatable bonds is 4. The fraction of sp³-hybridized carbons (Fsp3) is 0.0588. The lowest BCUT2D eigenvalue weighted by Crippen LogP contribution is -2.14. The van der Waals surface area contributed by atoms with Gasteiger partial charge in [0.05, 0.1) is 5.56 Å². The van der Waals surface area contributed by atoms with E-state index >= 15 is 0 Å². The minimum atomic E-state index is -0.685. The highest BCUT2D eigenvalue weighted by Crippen LogP contribution is 2.23. The largest absolute Gasteiger partial charge is 0.489 e. The number of benzene rings is 2. The van der Waals surface area contributed by atoms with Crippen LogP contribution >= 0.6 is 11.6 Å². The summed E-state index contributed by atoms with van der Waals surface area (Å²) in [6, 6.07) is 13.2. The van der Waals surface area contributed by atoms with Crippen molar-refractivity contribution in [2.45, 2.75) is 6.61 Å². The molecular formula is C17H12ClNO4. The molecule has 1 aromatic heterocycles. The van der Waals surface area contributed by atoms with Gasteiger partial charge in [0.15, 0.2) is 0 Å². The molecule has 0 bridgehead atoms. The molecule has 6 heteroatoms. The second kappa shape index (κ2) is 6.14. The van der Waals surface area contributed by atoms with E-state index in [2.05, 4.69) is 0 Å². The third-order valence-corrected chi connectivity index (χ3v) is 3.51. The van der Waals surface area contributed by atoms with Gasteiger partial charge in [0.1, 0.15) is 17.9 Å². The zero-order valence-electron chi connectivity index (χ0n) is 11.9. The molecule has 0 radical (unpaired) electrons. The summed E-state index contributed by atoms with van der Waals surface area (Å²) in [5, 5.41) is 1.09. The molecule has 1 amide bonds. The average Bonchev–Trinajstić information content (AvgIpc) is 2.51.